The van der Waals surface area contributed by atoms with Gasteiger partial charge in [0.15, 0.2) is 0 Å². The summed E-state index contributed by atoms with van der Waals surface area (Å²) in [5, 5.41) is 10.2. The second-order valence-corrected chi connectivity index (χ2v) is 17.3. The number of hydrogen-bond acceptors (Lipinski definition) is 3. The highest BCUT2D eigenvalue weighted by atomic mass is 32.1. The summed E-state index contributed by atoms with van der Waals surface area (Å²) in [5.41, 5.74) is 10.6. The van der Waals surface area contributed by atoms with Crippen LogP contribution in [0.2, 0.25) is 0 Å². The van der Waals surface area contributed by atoms with Crippen molar-refractivity contribution in [1.29, 1.82) is 0 Å². The van der Waals surface area contributed by atoms with E-state index in [2.05, 4.69) is 191 Å². The van der Waals surface area contributed by atoms with E-state index in [0.717, 1.165) is 22.5 Å². The third kappa shape index (κ3) is 4.69. The van der Waals surface area contributed by atoms with E-state index in [-0.39, 0.29) is 0 Å². The molecule has 0 aliphatic carbocycles. The molecule has 0 amide bonds. The van der Waals surface area contributed by atoms with Crippen LogP contribution in [0, 0.1) is 0 Å². The van der Waals surface area contributed by atoms with Crippen LogP contribution >= 0.6 is 22.7 Å². The van der Waals surface area contributed by atoms with E-state index in [1.54, 1.807) is 0 Å². The summed E-state index contributed by atoms with van der Waals surface area (Å²) in [5.74, 6) is 0.897. The number of nitrogens with zero attached hydrogens (tertiary/aromatic N) is 3. The molecule has 0 aliphatic heterocycles. The Bertz CT molecular complexity index is 3550. The maximum atomic E-state index is 5.19. The summed E-state index contributed by atoms with van der Waals surface area (Å²) in [4.78, 5) is 5.19. The molecule has 5 heteroatoms. The minimum atomic E-state index is 0.897. The summed E-state index contributed by atoms with van der Waals surface area (Å²) in [6, 6.07) is 66.8. The lowest BCUT2D eigenvalue weighted by Gasteiger charge is -2.11. The summed E-state index contributed by atoms with van der Waals surface area (Å²) in [7, 11) is 0. The highest BCUT2D eigenvalue weighted by Gasteiger charge is 2.18. The molecule has 5 heterocycles. The predicted octanol–water partition coefficient (Wildman–Crippen LogP) is 15.3. The third-order valence-electron chi connectivity index (χ3n) is 12.0. The van der Waals surface area contributed by atoms with Gasteiger partial charge in [0.05, 0.1) is 34.0 Å². The average Bonchev–Trinajstić information content (AvgIpc) is 4.03. The lowest BCUT2D eigenvalue weighted by Crippen LogP contribution is -2.00. The zero-order valence-corrected chi connectivity index (χ0v) is 32.7. The normalized spacial score (nSPS) is 12.1. The maximum absolute atomic E-state index is 5.19. The van der Waals surface area contributed by atoms with Crippen LogP contribution < -0.4 is 0 Å². The predicted molar refractivity (Wildman–Crippen MR) is 250 cm³/mol. The Kier molecular flexibility index (Phi) is 6.76. The standard InChI is InChI=1S/C53H31N3S2/c1-5-13-45-37(9-1)41-27-32(34-19-24-51-43(29-34)39-11-3-7-15-49(39)57-51)17-22-47(41)55(45)36-21-26-53(54-31-36)56-46-14-6-2-10-38(46)42-28-33(18-23-48(42)56)35-20-25-52-44(30-35)40-12-4-8-16-50(40)58-52/h1-31H. The van der Waals surface area contributed by atoms with E-state index >= 15 is 0 Å². The largest absolute Gasteiger partial charge is 0.308 e. The van der Waals surface area contributed by atoms with Gasteiger partial charge in [-0.1, -0.05) is 97.1 Å². The molecular formula is C53H31N3S2. The highest BCUT2D eigenvalue weighted by molar-refractivity contribution is 7.26. The molecule has 13 rings (SSSR count). The second-order valence-electron chi connectivity index (χ2n) is 15.2. The maximum Gasteiger partial charge on any atom is 0.137 e. The minimum absolute atomic E-state index is 0.897. The number of aromatic nitrogens is 3. The Morgan fingerprint density at radius 1 is 0.310 bits per heavy atom. The van der Waals surface area contributed by atoms with Crippen molar-refractivity contribution in [3.63, 3.8) is 0 Å². The first kappa shape index (κ1) is 32.1. The first-order valence-corrected chi connectivity index (χ1v) is 21.2. The molecule has 0 fully saturated rings. The van der Waals surface area contributed by atoms with Crippen LogP contribution in [-0.2, 0) is 0 Å². The van der Waals surface area contributed by atoms with Crippen molar-refractivity contribution in [2.75, 3.05) is 0 Å². The van der Waals surface area contributed by atoms with Gasteiger partial charge in [-0.15, -0.1) is 22.7 Å². The first-order chi connectivity index (χ1) is 28.7. The molecule has 8 aromatic carbocycles. The molecule has 0 atom stereocenters. The van der Waals surface area contributed by atoms with Gasteiger partial charge in [0.2, 0.25) is 0 Å². The van der Waals surface area contributed by atoms with Gasteiger partial charge in [0, 0.05) is 61.9 Å². The second kappa shape index (κ2) is 12.2. The van der Waals surface area contributed by atoms with Crippen molar-refractivity contribution in [3.05, 3.63) is 188 Å². The van der Waals surface area contributed by atoms with Crippen LogP contribution in [0.25, 0.3) is 118 Å². The smallest absolute Gasteiger partial charge is 0.137 e. The molecule has 270 valence electrons. The van der Waals surface area contributed by atoms with Gasteiger partial charge in [-0.2, -0.15) is 0 Å². The highest BCUT2D eigenvalue weighted by Crippen LogP contribution is 2.41. The van der Waals surface area contributed by atoms with Gasteiger partial charge < -0.3 is 4.57 Å². The molecule has 3 nitrogen and oxygen atoms in total. The van der Waals surface area contributed by atoms with Gasteiger partial charge in [-0.25, -0.2) is 4.98 Å². The number of pyridine rings is 1. The van der Waals surface area contributed by atoms with Crippen LogP contribution in [0.4, 0.5) is 0 Å². The third-order valence-corrected chi connectivity index (χ3v) is 14.3. The number of rotatable bonds is 4. The Labute approximate surface area is 340 Å². The van der Waals surface area contributed by atoms with E-state index in [1.807, 2.05) is 28.9 Å². The summed E-state index contributed by atoms with van der Waals surface area (Å²) >= 11 is 3.72. The van der Waals surface area contributed by atoms with Crippen molar-refractivity contribution in [2.24, 2.45) is 0 Å². The SMILES string of the molecule is c1ccc2c(c1)sc1ccc(-c3ccc4c(c3)c3ccccc3n4-c3ccc(-n4c5ccccc5c5cc(-c6ccc7sc8ccccc8c7c6)ccc54)nc3)cc12. The number of fused-ring (bicyclic) bond motifs is 12. The van der Waals surface area contributed by atoms with Crippen LogP contribution in [-0.4, -0.2) is 14.1 Å². The topological polar surface area (TPSA) is 22.8 Å². The van der Waals surface area contributed by atoms with Crippen molar-refractivity contribution in [1.82, 2.24) is 14.1 Å². The molecule has 13 aromatic rings. The van der Waals surface area contributed by atoms with Crippen molar-refractivity contribution in [3.8, 4) is 33.8 Å². The molecule has 0 aliphatic rings. The molecule has 58 heavy (non-hydrogen) atoms. The fraction of sp³-hybridized carbons (Fsp3) is 0. The fourth-order valence-electron chi connectivity index (χ4n) is 9.28. The van der Waals surface area contributed by atoms with E-state index < -0.39 is 0 Å². The molecule has 0 saturated heterocycles. The lowest BCUT2D eigenvalue weighted by atomic mass is 10.0. The van der Waals surface area contributed by atoms with Gasteiger partial charge in [-0.3, -0.25) is 4.57 Å². The number of thiophene rings is 2. The zero-order valence-electron chi connectivity index (χ0n) is 31.1. The fourth-order valence-corrected chi connectivity index (χ4v) is 11.5. The van der Waals surface area contributed by atoms with Crippen LogP contribution in [0.5, 0.6) is 0 Å². The van der Waals surface area contributed by atoms with Crippen molar-refractivity contribution >= 4 is 107 Å². The Morgan fingerprint density at radius 2 is 0.724 bits per heavy atom. The zero-order chi connectivity index (χ0) is 37.9. The molecule has 0 saturated carbocycles. The Morgan fingerprint density at radius 3 is 1.26 bits per heavy atom. The molecular weight excluding hydrogens is 743 g/mol. The van der Waals surface area contributed by atoms with Crippen LogP contribution in [0.3, 0.4) is 0 Å². The van der Waals surface area contributed by atoms with Gasteiger partial charge >= 0.3 is 0 Å². The minimum Gasteiger partial charge on any atom is -0.308 e. The van der Waals surface area contributed by atoms with Crippen molar-refractivity contribution in [2.45, 2.75) is 0 Å². The molecule has 0 spiro atoms. The number of hydrogen-bond donors (Lipinski definition) is 0. The summed E-state index contributed by atoms with van der Waals surface area (Å²) < 4.78 is 9.97. The van der Waals surface area contributed by atoms with Gasteiger partial charge in [-0.05, 0) is 107 Å². The molecule has 0 bridgehead atoms. The van der Waals surface area contributed by atoms with Crippen molar-refractivity contribution < 1.29 is 0 Å². The number of para-hydroxylation sites is 2. The molecule has 0 unspecified atom stereocenters. The van der Waals surface area contributed by atoms with Gasteiger partial charge in [0.1, 0.15) is 5.82 Å². The van der Waals surface area contributed by atoms with Crippen LogP contribution in [0.15, 0.2) is 188 Å². The summed E-state index contributed by atoms with van der Waals surface area (Å²) in [6.45, 7) is 0. The Balaban J connectivity index is 0.912. The average molecular weight is 774 g/mol. The van der Waals surface area contributed by atoms with Crippen LogP contribution in [0.1, 0.15) is 0 Å². The first-order valence-electron chi connectivity index (χ1n) is 19.6. The Hall–Kier alpha value is -7.05. The lowest BCUT2D eigenvalue weighted by molar-refractivity contribution is 1.05. The van der Waals surface area contributed by atoms with Gasteiger partial charge in [0.25, 0.3) is 0 Å². The summed E-state index contributed by atoms with van der Waals surface area (Å²) in [6.07, 6.45) is 2.03. The molecule has 0 radical (unpaired) electrons. The monoisotopic (exact) mass is 773 g/mol. The van der Waals surface area contributed by atoms with E-state index in [1.165, 1.54) is 95.2 Å². The quantitative estimate of drug-likeness (QED) is 0.175. The molecule has 0 N–H and O–H groups in total. The molecule has 5 aromatic heterocycles. The van der Waals surface area contributed by atoms with E-state index in [9.17, 15) is 0 Å². The number of benzene rings is 8. The van der Waals surface area contributed by atoms with E-state index in [0.29, 0.717) is 0 Å². The van der Waals surface area contributed by atoms with E-state index in [4.69, 9.17) is 4.98 Å².